The zero-order valence-electron chi connectivity index (χ0n) is 21.5. The number of sulfone groups is 3. The first-order valence-corrected chi connectivity index (χ1v) is 17.5. The summed E-state index contributed by atoms with van der Waals surface area (Å²) in [5.74, 6) is -3.80. The summed E-state index contributed by atoms with van der Waals surface area (Å²) in [6.45, 7) is 4.37. The molecule has 12 heteroatoms. The molecule has 0 spiro atoms. The SMILES string of the molecule is CCS(=O)(=O)c1ccc(S(=O)(=O)[C@@]23CCC[C@@H](CC(C)S(=O)(=O)CC)C2COc2c(F)ccc(F)c23)cc1. The fourth-order valence-corrected chi connectivity index (χ4v) is 10.5. The van der Waals surface area contributed by atoms with Gasteiger partial charge in [0.15, 0.2) is 41.1 Å². The third kappa shape index (κ3) is 4.56. The van der Waals surface area contributed by atoms with E-state index in [1.165, 1.54) is 31.2 Å². The van der Waals surface area contributed by atoms with E-state index in [9.17, 15) is 29.6 Å². The quantitative estimate of drug-likeness (QED) is 0.447. The smallest absolute Gasteiger partial charge is 0.188 e. The van der Waals surface area contributed by atoms with Crippen LogP contribution in [0.3, 0.4) is 0 Å². The van der Waals surface area contributed by atoms with Crippen molar-refractivity contribution in [3.05, 3.63) is 53.6 Å². The minimum atomic E-state index is -4.45. The van der Waals surface area contributed by atoms with E-state index in [1.54, 1.807) is 13.8 Å². The summed E-state index contributed by atoms with van der Waals surface area (Å²) in [6, 6.07) is 6.54. The van der Waals surface area contributed by atoms with Crippen molar-refractivity contribution in [3.8, 4) is 5.75 Å². The first-order chi connectivity index (χ1) is 17.7. The standard InChI is InChI=1S/C26H32F2O7S3/c1-4-36(29,30)17(3)15-18-7-6-14-26(21(18)16-35-25-23(28)13-12-22(27)24(25)26)38(33,34)20-10-8-19(9-11-20)37(31,32)5-2/h8-13,17-18,21H,4-7,14-16H2,1-3H3/t17?,18-,21?,26-/m0/s1. The van der Waals surface area contributed by atoms with E-state index >= 15 is 4.39 Å². The summed E-state index contributed by atoms with van der Waals surface area (Å²) in [5.41, 5.74) is -0.380. The highest BCUT2D eigenvalue weighted by molar-refractivity contribution is 7.92. The number of halogens is 2. The topological polar surface area (TPSA) is 112 Å². The molecule has 1 aliphatic carbocycles. The molecular weight excluding hydrogens is 558 g/mol. The highest BCUT2D eigenvalue weighted by Gasteiger charge is 2.61. The molecule has 0 bridgehead atoms. The Balaban J connectivity index is 1.92. The lowest BCUT2D eigenvalue weighted by Crippen LogP contribution is -2.54. The van der Waals surface area contributed by atoms with Gasteiger partial charge in [0.2, 0.25) is 0 Å². The van der Waals surface area contributed by atoms with E-state index in [0.29, 0.717) is 12.8 Å². The van der Waals surface area contributed by atoms with Crippen LogP contribution in [0, 0.1) is 23.5 Å². The summed E-state index contributed by atoms with van der Waals surface area (Å²) < 4.78 is 113. The van der Waals surface area contributed by atoms with Crippen LogP contribution >= 0.6 is 0 Å². The zero-order valence-corrected chi connectivity index (χ0v) is 23.9. The molecule has 0 amide bonds. The van der Waals surface area contributed by atoms with Gasteiger partial charge in [0.25, 0.3) is 0 Å². The highest BCUT2D eigenvalue weighted by Crippen LogP contribution is 2.58. The van der Waals surface area contributed by atoms with Crippen molar-refractivity contribution in [3.63, 3.8) is 0 Å². The minimum absolute atomic E-state index is 0.0167. The van der Waals surface area contributed by atoms with Crippen molar-refractivity contribution in [2.24, 2.45) is 11.8 Å². The Labute approximate surface area is 223 Å². The molecule has 0 aromatic heterocycles. The van der Waals surface area contributed by atoms with E-state index in [2.05, 4.69) is 0 Å². The number of rotatable bonds is 8. The summed E-state index contributed by atoms with van der Waals surface area (Å²) in [6.07, 6.45) is 0.990. The highest BCUT2D eigenvalue weighted by atomic mass is 32.2. The molecule has 2 aromatic carbocycles. The fourth-order valence-electron chi connectivity index (χ4n) is 6.03. The molecule has 1 saturated carbocycles. The fraction of sp³-hybridized carbons (Fsp3) is 0.538. The van der Waals surface area contributed by atoms with Crippen LogP contribution in [0.15, 0.2) is 46.2 Å². The Hall–Kier alpha value is -2.05. The van der Waals surface area contributed by atoms with Crippen molar-refractivity contribution in [1.29, 1.82) is 0 Å². The van der Waals surface area contributed by atoms with E-state index in [-0.39, 0.29) is 46.3 Å². The van der Waals surface area contributed by atoms with Crippen LogP contribution in [0.5, 0.6) is 5.75 Å². The van der Waals surface area contributed by atoms with Gasteiger partial charge in [-0.25, -0.2) is 34.0 Å². The molecule has 4 rings (SSSR count). The van der Waals surface area contributed by atoms with E-state index in [4.69, 9.17) is 4.74 Å². The molecule has 0 saturated heterocycles. The summed E-state index contributed by atoms with van der Waals surface area (Å²) >= 11 is 0. The average molecular weight is 591 g/mol. The predicted molar refractivity (Wildman–Crippen MR) is 139 cm³/mol. The van der Waals surface area contributed by atoms with Gasteiger partial charge >= 0.3 is 0 Å². The van der Waals surface area contributed by atoms with Crippen LogP contribution < -0.4 is 4.74 Å². The molecule has 0 radical (unpaired) electrons. The van der Waals surface area contributed by atoms with Crippen molar-refractivity contribution in [2.45, 2.75) is 66.2 Å². The molecule has 210 valence electrons. The van der Waals surface area contributed by atoms with Gasteiger partial charge in [0, 0.05) is 11.7 Å². The lowest BCUT2D eigenvalue weighted by molar-refractivity contribution is 0.0709. The predicted octanol–water partition coefficient (Wildman–Crippen LogP) is 4.45. The van der Waals surface area contributed by atoms with Gasteiger partial charge in [0.05, 0.1) is 33.0 Å². The van der Waals surface area contributed by atoms with Crippen LogP contribution in [0.1, 0.15) is 52.0 Å². The van der Waals surface area contributed by atoms with Gasteiger partial charge in [-0.15, -0.1) is 0 Å². The Morgan fingerprint density at radius 2 is 1.53 bits per heavy atom. The number of fused-ring (bicyclic) bond motifs is 3. The molecule has 2 aromatic rings. The van der Waals surface area contributed by atoms with E-state index in [0.717, 1.165) is 12.1 Å². The van der Waals surface area contributed by atoms with Crippen LogP contribution in [0.4, 0.5) is 8.78 Å². The molecule has 0 N–H and O–H groups in total. The first kappa shape index (κ1) is 28.9. The Morgan fingerprint density at radius 1 is 0.921 bits per heavy atom. The van der Waals surface area contributed by atoms with E-state index < -0.39 is 68.7 Å². The maximum absolute atomic E-state index is 15.5. The second kappa shape index (κ2) is 10.2. The summed E-state index contributed by atoms with van der Waals surface area (Å²) in [5, 5.41) is -0.756. The largest absolute Gasteiger partial charge is 0.490 e. The maximum Gasteiger partial charge on any atom is 0.188 e. The zero-order chi connectivity index (χ0) is 28.1. The van der Waals surface area contributed by atoms with Gasteiger partial charge in [-0.3, -0.25) is 0 Å². The second-order valence-corrected chi connectivity index (χ2v) is 17.3. The maximum atomic E-state index is 15.5. The first-order valence-electron chi connectivity index (χ1n) is 12.6. The lowest BCUT2D eigenvalue weighted by Gasteiger charge is -2.50. The lowest BCUT2D eigenvalue weighted by atomic mass is 9.66. The normalized spacial score (nSPS) is 24.7. The molecule has 1 aliphatic heterocycles. The summed E-state index contributed by atoms with van der Waals surface area (Å²) in [4.78, 5) is -0.262. The molecule has 7 nitrogen and oxygen atoms in total. The van der Waals surface area contributed by atoms with Crippen LogP contribution in [0.2, 0.25) is 0 Å². The number of ether oxygens (including phenoxy) is 1. The van der Waals surface area contributed by atoms with Crippen molar-refractivity contribution < 1.29 is 38.8 Å². The van der Waals surface area contributed by atoms with Gasteiger partial charge in [-0.2, -0.15) is 0 Å². The van der Waals surface area contributed by atoms with Crippen molar-refractivity contribution in [1.82, 2.24) is 0 Å². The Morgan fingerprint density at radius 3 is 2.13 bits per heavy atom. The number of benzene rings is 2. The molecule has 2 unspecified atom stereocenters. The van der Waals surface area contributed by atoms with Gasteiger partial charge in [0.1, 0.15) is 10.6 Å². The minimum Gasteiger partial charge on any atom is -0.490 e. The van der Waals surface area contributed by atoms with Crippen LogP contribution in [-0.2, 0) is 34.3 Å². The van der Waals surface area contributed by atoms with Crippen LogP contribution in [0.25, 0.3) is 0 Å². The van der Waals surface area contributed by atoms with Crippen molar-refractivity contribution >= 4 is 29.5 Å². The molecule has 1 fully saturated rings. The van der Waals surface area contributed by atoms with E-state index in [1.807, 2.05) is 0 Å². The number of hydrogen-bond acceptors (Lipinski definition) is 7. The Bertz CT molecular complexity index is 1540. The average Bonchev–Trinajstić information content (AvgIpc) is 2.90. The molecular formula is C26H32F2O7S3. The summed E-state index contributed by atoms with van der Waals surface area (Å²) in [7, 11) is -11.5. The molecule has 1 heterocycles. The molecule has 2 aliphatic rings. The Kier molecular flexibility index (Phi) is 7.74. The van der Waals surface area contributed by atoms with Gasteiger partial charge in [-0.1, -0.05) is 20.3 Å². The third-order valence-corrected chi connectivity index (χ3v) is 14.7. The number of hydrogen-bond donors (Lipinski definition) is 0. The second-order valence-electron chi connectivity index (χ2n) is 10.1. The van der Waals surface area contributed by atoms with Crippen molar-refractivity contribution in [2.75, 3.05) is 18.1 Å². The van der Waals surface area contributed by atoms with Crippen LogP contribution in [-0.4, -0.2) is 48.6 Å². The molecule has 38 heavy (non-hydrogen) atoms. The monoisotopic (exact) mass is 590 g/mol. The molecule has 4 atom stereocenters. The van der Waals surface area contributed by atoms with Gasteiger partial charge < -0.3 is 4.74 Å². The van der Waals surface area contributed by atoms with Gasteiger partial charge in [-0.05, 0) is 68.5 Å². The third-order valence-electron chi connectivity index (χ3n) is 8.18.